The Kier molecular flexibility index (Phi) is 10.6. The van der Waals surface area contributed by atoms with Gasteiger partial charge in [0.25, 0.3) is 0 Å². The fourth-order valence-corrected chi connectivity index (χ4v) is 0.695. The van der Waals surface area contributed by atoms with E-state index >= 15 is 0 Å². The van der Waals surface area contributed by atoms with Crippen molar-refractivity contribution in [3.05, 3.63) is 11.8 Å². The fourth-order valence-electron chi connectivity index (χ4n) is 0.695. The molecule has 1 heterocycles. The van der Waals surface area contributed by atoms with E-state index in [1.165, 1.54) is 0 Å². The van der Waals surface area contributed by atoms with Crippen LogP contribution in [0.4, 0.5) is 0 Å². The largest absolute Gasteiger partial charge is 0.535 e. The third-order valence-corrected chi connectivity index (χ3v) is 1.28. The number of rotatable bonds is 0. The summed E-state index contributed by atoms with van der Waals surface area (Å²) >= 11 is 0. The predicted octanol–water partition coefficient (Wildman–Crippen LogP) is 1.74. The van der Waals surface area contributed by atoms with E-state index in [9.17, 15) is 0 Å². The molecule has 0 aromatic carbocycles. The SMILES string of the molecule is CC1=[C-]CC(C)CO1.[Y].[Y]. The van der Waals surface area contributed by atoms with Crippen LogP contribution >= 0.6 is 0 Å². The second-order valence-corrected chi connectivity index (χ2v) is 2.35. The molecule has 0 fully saturated rings. The van der Waals surface area contributed by atoms with Crippen LogP contribution in [-0.2, 0) is 70.2 Å². The van der Waals surface area contributed by atoms with Crippen LogP contribution < -0.4 is 0 Å². The van der Waals surface area contributed by atoms with Gasteiger partial charge in [-0.15, -0.1) is 0 Å². The minimum Gasteiger partial charge on any atom is -0.535 e. The first-order valence-electron chi connectivity index (χ1n) is 2.99. The summed E-state index contributed by atoms with van der Waals surface area (Å²) in [5.74, 6) is 1.63. The van der Waals surface area contributed by atoms with Gasteiger partial charge < -0.3 is 10.8 Å². The van der Waals surface area contributed by atoms with Gasteiger partial charge in [0.2, 0.25) is 0 Å². The minimum absolute atomic E-state index is 0. The molecule has 2 radical (unpaired) electrons. The number of hydrogen-bond donors (Lipinski definition) is 0. The molecule has 52 valence electrons. The van der Waals surface area contributed by atoms with Crippen molar-refractivity contribution in [1.82, 2.24) is 0 Å². The Hall–Kier alpha value is 1.75. The molecule has 10 heavy (non-hydrogen) atoms. The van der Waals surface area contributed by atoms with Crippen molar-refractivity contribution in [2.45, 2.75) is 20.3 Å². The van der Waals surface area contributed by atoms with Gasteiger partial charge in [0.15, 0.2) is 0 Å². The van der Waals surface area contributed by atoms with E-state index in [4.69, 9.17) is 4.74 Å². The van der Waals surface area contributed by atoms with E-state index in [1.807, 2.05) is 6.92 Å². The van der Waals surface area contributed by atoms with Crippen molar-refractivity contribution in [2.24, 2.45) is 5.92 Å². The quantitative estimate of drug-likeness (QED) is 0.617. The topological polar surface area (TPSA) is 9.23 Å². The molecular weight excluding hydrogens is 278 g/mol. The van der Waals surface area contributed by atoms with Crippen LogP contribution in [0.2, 0.25) is 0 Å². The van der Waals surface area contributed by atoms with E-state index in [0.29, 0.717) is 5.92 Å². The molecule has 0 aliphatic carbocycles. The monoisotopic (exact) mass is 289 g/mol. The molecule has 0 spiro atoms. The molecular formula is C7H11OY2-. The summed E-state index contributed by atoms with van der Waals surface area (Å²) in [6, 6.07) is 0. The van der Waals surface area contributed by atoms with Gasteiger partial charge in [0.05, 0.1) is 6.61 Å². The van der Waals surface area contributed by atoms with Gasteiger partial charge in [-0.3, -0.25) is 0 Å². The Morgan fingerprint density at radius 3 is 2.40 bits per heavy atom. The third kappa shape index (κ3) is 5.40. The van der Waals surface area contributed by atoms with E-state index in [1.54, 1.807) is 0 Å². The Balaban J connectivity index is 0. The van der Waals surface area contributed by atoms with Crippen LogP contribution in [0.1, 0.15) is 20.3 Å². The molecule has 0 aromatic rings. The first-order valence-corrected chi connectivity index (χ1v) is 2.99. The summed E-state index contributed by atoms with van der Waals surface area (Å²) in [6.45, 7) is 4.99. The summed E-state index contributed by atoms with van der Waals surface area (Å²) < 4.78 is 5.20. The van der Waals surface area contributed by atoms with Crippen molar-refractivity contribution in [2.75, 3.05) is 6.61 Å². The first kappa shape index (κ1) is 14.3. The standard InChI is InChI=1S/C7H11O.2Y/c1-6-3-4-7(2)8-5-6;;/h6H,3,5H2,1-2H3;;/q-1;;. The predicted molar refractivity (Wildman–Crippen MR) is 32.2 cm³/mol. The van der Waals surface area contributed by atoms with Crippen LogP contribution in [0, 0.1) is 12.0 Å². The maximum atomic E-state index is 5.20. The van der Waals surface area contributed by atoms with Gasteiger partial charge in [0, 0.05) is 65.4 Å². The van der Waals surface area contributed by atoms with E-state index in [0.717, 1.165) is 18.8 Å². The molecule has 0 bridgehead atoms. The van der Waals surface area contributed by atoms with Crippen LogP contribution in [0.5, 0.6) is 0 Å². The van der Waals surface area contributed by atoms with Crippen molar-refractivity contribution in [3.8, 4) is 0 Å². The molecule has 3 heteroatoms. The average Bonchev–Trinajstić information content (AvgIpc) is 1.77. The minimum atomic E-state index is 0. The van der Waals surface area contributed by atoms with Crippen molar-refractivity contribution in [1.29, 1.82) is 0 Å². The van der Waals surface area contributed by atoms with Gasteiger partial charge in [-0.25, -0.2) is 0 Å². The molecule has 0 saturated heterocycles. The Morgan fingerprint density at radius 1 is 1.50 bits per heavy atom. The number of hydrogen-bond acceptors (Lipinski definition) is 1. The van der Waals surface area contributed by atoms with Crippen molar-refractivity contribution < 1.29 is 70.2 Å². The Labute approximate surface area is 113 Å². The molecule has 1 aliphatic heterocycles. The molecule has 1 rings (SSSR count). The van der Waals surface area contributed by atoms with E-state index in [-0.39, 0.29) is 65.4 Å². The summed E-state index contributed by atoms with van der Waals surface area (Å²) in [5, 5.41) is 0. The second-order valence-electron chi connectivity index (χ2n) is 2.35. The number of allylic oxidation sites excluding steroid dienone is 2. The molecule has 1 unspecified atom stereocenters. The molecule has 1 atom stereocenters. The Bertz CT molecular complexity index is 112. The van der Waals surface area contributed by atoms with Crippen molar-refractivity contribution in [3.63, 3.8) is 0 Å². The summed E-state index contributed by atoms with van der Waals surface area (Å²) in [4.78, 5) is 0. The van der Waals surface area contributed by atoms with Gasteiger partial charge in [0.1, 0.15) is 0 Å². The van der Waals surface area contributed by atoms with Crippen LogP contribution in [-0.4, -0.2) is 6.61 Å². The summed E-state index contributed by atoms with van der Waals surface area (Å²) in [7, 11) is 0. The second kappa shape index (κ2) is 7.40. The van der Waals surface area contributed by atoms with Gasteiger partial charge in [-0.05, 0) is 12.8 Å². The molecule has 0 aromatic heterocycles. The Morgan fingerprint density at radius 2 is 2.10 bits per heavy atom. The zero-order chi connectivity index (χ0) is 5.98. The van der Waals surface area contributed by atoms with Crippen LogP contribution in [0.3, 0.4) is 0 Å². The fraction of sp³-hybridized carbons (Fsp3) is 0.714. The molecule has 0 N–H and O–H groups in total. The molecule has 0 amide bonds. The van der Waals surface area contributed by atoms with Crippen molar-refractivity contribution >= 4 is 0 Å². The maximum absolute atomic E-state index is 5.20. The summed E-state index contributed by atoms with van der Waals surface area (Å²) in [5.41, 5.74) is 0. The van der Waals surface area contributed by atoms with Gasteiger partial charge >= 0.3 is 0 Å². The zero-order valence-corrected chi connectivity index (χ0v) is 12.2. The number of ether oxygens (including phenoxy) is 1. The van der Waals surface area contributed by atoms with Gasteiger partial charge in [-0.2, -0.15) is 6.42 Å². The van der Waals surface area contributed by atoms with Crippen LogP contribution in [0.15, 0.2) is 5.76 Å². The van der Waals surface area contributed by atoms with Gasteiger partial charge in [-0.1, -0.05) is 12.7 Å². The van der Waals surface area contributed by atoms with Crippen LogP contribution in [0.25, 0.3) is 0 Å². The maximum Gasteiger partial charge on any atom is 0.0836 e. The molecule has 1 aliphatic rings. The first-order chi connectivity index (χ1) is 3.79. The average molecular weight is 289 g/mol. The smallest absolute Gasteiger partial charge is 0.0836 e. The third-order valence-electron chi connectivity index (χ3n) is 1.28. The molecule has 0 saturated carbocycles. The molecule has 1 nitrogen and oxygen atoms in total. The zero-order valence-electron chi connectivity index (χ0n) is 6.55. The summed E-state index contributed by atoms with van der Waals surface area (Å²) in [6.07, 6.45) is 4.19. The van der Waals surface area contributed by atoms with E-state index in [2.05, 4.69) is 13.0 Å². The van der Waals surface area contributed by atoms with E-state index < -0.39 is 0 Å². The normalized spacial score (nSPS) is 23.0.